The Hall–Kier alpha value is -5.98. The van der Waals surface area contributed by atoms with E-state index in [1.165, 1.54) is 34.3 Å². The maximum atomic E-state index is 14.0. The molecule has 45 heavy (non-hydrogen) atoms. The van der Waals surface area contributed by atoms with Gasteiger partial charge in [0.05, 0.1) is 29.5 Å². The molecule has 0 bridgehead atoms. The van der Waals surface area contributed by atoms with Gasteiger partial charge in [-0.2, -0.15) is 10.2 Å². The number of anilines is 1. The molecule has 4 aromatic rings. The molecule has 4 aromatic carbocycles. The molecule has 0 spiro atoms. The first-order chi connectivity index (χ1) is 21.8. The van der Waals surface area contributed by atoms with Crippen molar-refractivity contribution in [3.63, 3.8) is 0 Å². The summed E-state index contributed by atoms with van der Waals surface area (Å²) >= 11 is 0. The lowest BCUT2D eigenvalue weighted by atomic mass is 9.95. The number of ether oxygens (including phenoxy) is 1. The van der Waals surface area contributed by atoms with Crippen LogP contribution in [0, 0.1) is 10.1 Å². The average molecular weight is 604 g/mol. The van der Waals surface area contributed by atoms with Crippen LogP contribution in [-0.4, -0.2) is 64.1 Å². The predicted molar refractivity (Wildman–Crippen MR) is 162 cm³/mol. The molecule has 0 N–H and O–H groups in total. The van der Waals surface area contributed by atoms with Crippen LogP contribution in [0.5, 0.6) is 5.75 Å². The average Bonchev–Trinajstić information content (AvgIpc) is 3.76. The molecule has 0 aliphatic carbocycles. The molecule has 3 amide bonds. The second-order valence-electron chi connectivity index (χ2n) is 10.8. The third kappa shape index (κ3) is 4.74. The molecule has 3 heterocycles. The van der Waals surface area contributed by atoms with E-state index in [1.807, 2.05) is 66.7 Å². The minimum absolute atomic E-state index is 0.176. The second kappa shape index (κ2) is 10.9. The van der Waals surface area contributed by atoms with E-state index in [2.05, 4.69) is 10.3 Å². The number of methoxy groups -OCH3 is 1. The van der Waals surface area contributed by atoms with Crippen molar-refractivity contribution in [1.82, 2.24) is 10.0 Å². The van der Waals surface area contributed by atoms with Crippen LogP contribution in [0.15, 0.2) is 106 Å². The first-order valence-corrected chi connectivity index (χ1v) is 14.2. The Kier molecular flexibility index (Phi) is 6.76. The van der Waals surface area contributed by atoms with Crippen molar-refractivity contribution in [2.45, 2.75) is 24.5 Å². The highest BCUT2D eigenvalue weighted by Crippen LogP contribution is 2.37. The molecule has 0 radical (unpaired) electrons. The van der Waals surface area contributed by atoms with Gasteiger partial charge in [0.25, 0.3) is 23.4 Å². The Bertz CT molecular complexity index is 1920. The quantitative estimate of drug-likeness (QED) is 0.172. The van der Waals surface area contributed by atoms with Gasteiger partial charge in [-0.15, -0.1) is 0 Å². The van der Waals surface area contributed by atoms with Gasteiger partial charge in [-0.25, -0.2) is 9.91 Å². The fraction of sp³-hybridized carbons (Fsp3) is 0.188. The summed E-state index contributed by atoms with van der Waals surface area (Å²) in [6, 6.07) is 23.7. The standard InChI is InChI=1S/C32H25N7O6/c1-45-23-15-9-20(10-16-23)27-17-26(25-8-4-6-19-5-2-3-7-24(19)25)34-38(27)28(40)18-36-30-29(33-35-36)31(41)37(32(30)42)21-11-13-22(14-12-21)39(43)44/h2-16,27,29-30H,17-18H2,1H3/t27-,29+,30+/m0/s1. The predicted octanol–water partition coefficient (Wildman–Crippen LogP) is 4.43. The lowest BCUT2D eigenvalue weighted by Gasteiger charge is -2.25. The zero-order valence-electron chi connectivity index (χ0n) is 23.9. The third-order valence-corrected chi connectivity index (χ3v) is 8.24. The van der Waals surface area contributed by atoms with E-state index in [-0.39, 0.29) is 17.9 Å². The molecule has 3 aliphatic rings. The molecule has 3 atom stereocenters. The Balaban J connectivity index is 1.17. The maximum absolute atomic E-state index is 14.0. The maximum Gasteiger partial charge on any atom is 0.269 e. The van der Waals surface area contributed by atoms with Crippen molar-refractivity contribution in [2.75, 3.05) is 18.6 Å². The van der Waals surface area contributed by atoms with E-state index in [1.54, 1.807) is 7.11 Å². The van der Waals surface area contributed by atoms with Crippen LogP contribution in [0.4, 0.5) is 11.4 Å². The summed E-state index contributed by atoms with van der Waals surface area (Å²) in [6.45, 7) is -0.350. The molecule has 0 aromatic heterocycles. The topological polar surface area (TPSA) is 150 Å². The van der Waals surface area contributed by atoms with Gasteiger partial charge in [-0.1, -0.05) is 59.8 Å². The van der Waals surface area contributed by atoms with E-state index in [4.69, 9.17) is 9.84 Å². The van der Waals surface area contributed by atoms with E-state index < -0.39 is 40.8 Å². The fourth-order valence-electron chi connectivity index (χ4n) is 6.01. The molecule has 0 saturated carbocycles. The van der Waals surface area contributed by atoms with Crippen LogP contribution in [0.25, 0.3) is 10.8 Å². The summed E-state index contributed by atoms with van der Waals surface area (Å²) in [5.74, 6) is -0.995. The van der Waals surface area contributed by atoms with Crippen molar-refractivity contribution in [3.8, 4) is 5.75 Å². The van der Waals surface area contributed by atoms with Crippen LogP contribution < -0.4 is 9.64 Å². The van der Waals surface area contributed by atoms with Crippen molar-refractivity contribution >= 4 is 45.6 Å². The largest absolute Gasteiger partial charge is 0.497 e. The van der Waals surface area contributed by atoms with Gasteiger partial charge in [-0.05, 0) is 40.6 Å². The molecule has 1 saturated heterocycles. The SMILES string of the molecule is COc1ccc([C@@H]2CC(c3cccc4ccccc34)=NN2C(=O)CN2N=N[C@H]3C(=O)N(c4ccc([N+](=O)[O-])cc4)C(=O)[C@@H]32)cc1. The minimum atomic E-state index is -1.13. The monoisotopic (exact) mass is 603 g/mol. The number of non-ortho nitro benzene ring substituents is 1. The number of benzene rings is 4. The summed E-state index contributed by atoms with van der Waals surface area (Å²) < 4.78 is 5.32. The van der Waals surface area contributed by atoms with Gasteiger partial charge in [0, 0.05) is 24.1 Å². The highest BCUT2D eigenvalue weighted by atomic mass is 16.6. The summed E-state index contributed by atoms with van der Waals surface area (Å²) in [5, 5.41) is 28.6. The molecular weight excluding hydrogens is 578 g/mol. The van der Waals surface area contributed by atoms with Crippen LogP contribution in [-0.2, 0) is 14.4 Å². The van der Waals surface area contributed by atoms with Crippen molar-refractivity contribution in [1.29, 1.82) is 0 Å². The van der Waals surface area contributed by atoms with Gasteiger partial charge in [0.1, 0.15) is 12.3 Å². The number of nitro benzene ring substituents is 1. The van der Waals surface area contributed by atoms with E-state index in [9.17, 15) is 24.5 Å². The Morgan fingerprint density at radius 3 is 2.42 bits per heavy atom. The van der Waals surface area contributed by atoms with Crippen LogP contribution in [0.2, 0.25) is 0 Å². The van der Waals surface area contributed by atoms with Gasteiger partial charge in [-0.3, -0.25) is 29.5 Å². The Morgan fingerprint density at radius 2 is 1.69 bits per heavy atom. The zero-order chi connectivity index (χ0) is 31.2. The van der Waals surface area contributed by atoms with Gasteiger partial charge >= 0.3 is 0 Å². The summed E-state index contributed by atoms with van der Waals surface area (Å²) in [5.41, 5.74) is 2.50. The Morgan fingerprint density at radius 1 is 0.956 bits per heavy atom. The molecule has 7 rings (SSSR count). The smallest absolute Gasteiger partial charge is 0.269 e. The molecule has 13 heteroatoms. The number of hydrazone groups is 1. The van der Waals surface area contributed by atoms with Crippen molar-refractivity contribution < 1.29 is 24.0 Å². The van der Waals surface area contributed by atoms with E-state index >= 15 is 0 Å². The molecular formula is C32H25N7O6. The van der Waals surface area contributed by atoms with Gasteiger partial charge in [0.2, 0.25) is 0 Å². The number of imide groups is 1. The summed E-state index contributed by atoms with van der Waals surface area (Å²) in [7, 11) is 1.58. The van der Waals surface area contributed by atoms with Crippen LogP contribution >= 0.6 is 0 Å². The molecule has 0 unspecified atom stereocenters. The lowest BCUT2D eigenvalue weighted by molar-refractivity contribution is -0.384. The number of nitro groups is 1. The van der Waals surface area contributed by atoms with E-state index in [0.29, 0.717) is 12.2 Å². The summed E-state index contributed by atoms with van der Waals surface area (Å²) in [4.78, 5) is 52.0. The highest BCUT2D eigenvalue weighted by molar-refractivity contribution is 6.25. The second-order valence-corrected chi connectivity index (χ2v) is 10.8. The normalized spacial score (nSPS) is 20.6. The van der Waals surface area contributed by atoms with Gasteiger partial charge < -0.3 is 4.74 Å². The number of carbonyl (C=O) groups is 3. The molecule has 1 fully saturated rings. The lowest BCUT2D eigenvalue weighted by Crippen LogP contribution is -2.44. The molecule has 3 aliphatic heterocycles. The molecule has 13 nitrogen and oxygen atoms in total. The first kappa shape index (κ1) is 27.8. The summed E-state index contributed by atoms with van der Waals surface area (Å²) in [6.07, 6.45) is 0.449. The van der Waals surface area contributed by atoms with Crippen molar-refractivity contribution in [3.05, 3.63) is 112 Å². The zero-order valence-corrected chi connectivity index (χ0v) is 23.9. The highest BCUT2D eigenvalue weighted by Gasteiger charge is 2.55. The molecule has 224 valence electrons. The van der Waals surface area contributed by atoms with Crippen molar-refractivity contribution in [2.24, 2.45) is 15.4 Å². The Labute approximate surface area is 256 Å². The number of hydrogen-bond acceptors (Lipinski definition) is 10. The number of amides is 3. The van der Waals surface area contributed by atoms with E-state index in [0.717, 1.165) is 32.5 Å². The minimum Gasteiger partial charge on any atom is -0.497 e. The first-order valence-electron chi connectivity index (χ1n) is 14.2. The third-order valence-electron chi connectivity index (χ3n) is 8.24. The van der Waals surface area contributed by atoms with Gasteiger partial charge in [0.15, 0.2) is 12.1 Å². The number of carbonyl (C=O) groups excluding carboxylic acids is 3. The van der Waals surface area contributed by atoms with Crippen LogP contribution in [0.1, 0.15) is 23.6 Å². The number of hydrogen-bond donors (Lipinski definition) is 0. The number of nitrogens with zero attached hydrogens (tertiary/aromatic N) is 7. The number of rotatable bonds is 7. The fourth-order valence-corrected chi connectivity index (χ4v) is 6.01. The number of fused-ring (bicyclic) bond motifs is 2. The van der Waals surface area contributed by atoms with Crippen LogP contribution in [0.3, 0.4) is 0 Å².